The fourth-order valence-corrected chi connectivity index (χ4v) is 3.28. The molecule has 1 aromatic heterocycles. The smallest absolute Gasteiger partial charge is 0.255 e. The zero-order valence-corrected chi connectivity index (χ0v) is 16.6. The van der Waals surface area contributed by atoms with Gasteiger partial charge in [0.2, 0.25) is 0 Å². The van der Waals surface area contributed by atoms with Gasteiger partial charge in [-0.25, -0.2) is 4.98 Å². The first-order valence-corrected chi connectivity index (χ1v) is 9.44. The molecule has 0 aliphatic rings. The second kappa shape index (κ2) is 9.11. The monoisotopic (exact) mass is 413 g/mol. The van der Waals surface area contributed by atoms with Gasteiger partial charge in [-0.15, -0.1) is 0 Å². The van der Waals surface area contributed by atoms with Crippen molar-refractivity contribution in [1.29, 1.82) is 0 Å². The number of carbonyl (C=O) groups is 2. The van der Waals surface area contributed by atoms with Crippen molar-refractivity contribution in [3.63, 3.8) is 0 Å². The van der Waals surface area contributed by atoms with Crippen LogP contribution >= 0.6 is 11.8 Å². The molecule has 0 saturated carbocycles. The summed E-state index contributed by atoms with van der Waals surface area (Å²) in [5, 5.41) is 10.00. The molecule has 0 fully saturated rings. The van der Waals surface area contributed by atoms with Crippen molar-refractivity contribution in [3.05, 3.63) is 59.4 Å². The number of primary amides is 1. The highest BCUT2D eigenvalue weighted by molar-refractivity contribution is 7.98. The number of ether oxygens (including phenoxy) is 2. The molecule has 150 valence electrons. The molecule has 3 rings (SSSR count). The summed E-state index contributed by atoms with van der Waals surface area (Å²) in [4.78, 5) is 28.5. The number of H-pyrrole nitrogens is 1. The SMILES string of the molecule is COc1cc(NC(=O)c2ccc(CSc3ncn[nH]3)cc2)c(C(N)=O)cc1OC. The molecule has 4 N–H and O–H groups in total. The van der Waals surface area contributed by atoms with Crippen LogP contribution in [0.1, 0.15) is 26.3 Å². The van der Waals surface area contributed by atoms with Crippen molar-refractivity contribution in [2.45, 2.75) is 10.9 Å². The molecule has 2 aromatic carbocycles. The number of hydrogen-bond acceptors (Lipinski definition) is 7. The number of amides is 2. The summed E-state index contributed by atoms with van der Waals surface area (Å²) < 4.78 is 10.4. The lowest BCUT2D eigenvalue weighted by atomic mass is 10.1. The Balaban J connectivity index is 1.74. The molecule has 0 saturated heterocycles. The maximum Gasteiger partial charge on any atom is 0.255 e. The first-order chi connectivity index (χ1) is 14.0. The Hall–Kier alpha value is -3.53. The molecule has 9 nitrogen and oxygen atoms in total. The van der Waals surface area contributed by atoms with Gasteiger partial charge in [0, 0.05) is 17.4 Å². The van der Waals surface area contributed by atoms with E-state index in [2.05, 4.69) is 20.5 Å². The Morgan fingerprint density at radius 3 is 2.41 bits per heavy atom. The molecule has 0 unspecified atom stereocenters. The van der Waals surface area contributed by atoms with E-state index in [4.69, 9.17) is 15.2 Å². The summed E-state index contributed by atoms with van der Waals surface area (Å²) in [5.74, 6) is 0.314. The van der Waals surface area contributed by atoms with Gasteiger partial charge in [-0.3, -0.25) is 14.7 Å². The number of thioether (sulfide) groups is 1. The van der Waals surface area contributed by atoms with E-state index in [0.717, 1.165) is 10.7 Å². The number of nitrogens with two attached hydrogens (primary N) is 1. The minimum atomic E-state index is -0.693. The topological polar surface area (TPSA) is 132 Å². The number of nitrogens with zero attached hydrogens (tertiary/aromatic N) is 2. The van der Waals surface area contributed by atoms with Crippen LogP contribution < -0.4 is 20.5 Å². The minimum absolute atomic E-state index is 0.121. The third-order valence-electron chi connectivity index (χ3n) is 4.02. The van der Waals surface area contributed by atoms with Crippen LogP contribution in [0.5, 0.6) is 11.5 Å². The largest absolute Gasteiger partial charge is 0.493 e. The van der Waals surface area contributed by atoms with Crippen molar-refractivity contribution in [1.82, 2.24) is 15.2 Å². The molecule has 0 spiro atoms. The summed E-state index contributed by atoms with van der Waals surface area (Å²) in [5.41, 5.74) is 7.25. The van der Waals surface area contributed by atoms with Gasteiger partial charge < -0.3 is 20.5 Å². The maximum atomic E-state index is 12.6. The number of carbonyl (C=O) groups excluding carboxylic acids is 2. The van der Waals surface area contributed by atoms with Gasteiger partial charge >= 0.3 is 0 Å². The van der Waals surface area contributed by atoms with E-state index in [-0.39, 0.29) is 17.2 Å². The van der Waals surface area contributed by atoms with Crippen LogP contribution in [0.4, 0.5) is 5.69 Å². The number of aromatic nitrogens is 3. The average Bonchev–Trinajstić information content (AvgIpc) is 3.25. The summed E-state index contributed by atoms with van der Waals surface area (Å²) in [6.07, 6.45) is 1.45. The summed E-state index contributed by atoms with van der Waals surface area (Å²) >= 11 is 1.50. The number of benzene rings is 2. The summed E-state index contributed by atoms with van der Waals surface area (Å²) in [6.45, 7) is 0. The standard InChI is InChI=1S/C19H19N5O4S/c1-27-15-7-13(17(20)25)14(8-16(15)28-2)23-18(26)12-5-3-11(4-6-12)9-29-19-21-10-22-24-19/h3-8,10H,9H2,1-2H3,(H2,20,25)(H,23,26)(H,21,22,24). The van der Waals surface area contributed by atoms with E-state index in [1.807, 2.05) is 12.1 Å². The predicted molar refractivity (Wildman–Crippen MR) is 108 cm³/mol. The first kappa shape index (κ1) is 20.2. The molecule has 2 amide bonds. The zero-order chi connectivity index (χ0) is 20.8. The summed E-state index contributed by atoms with van der Waals surface area (Å²) in [7, 11) is 2.91. The van der Waals surface area contributed by atoms with Crippen LogP contribution in [0.25, 0.3) is 0 Å². The molecule has 3 aromatic rings. The number of nitrogens with one attached hydrogen (secondary N) is 2. The molecule has 0 aliphatic heterocycles. The minimum Gasteiger partial charge on any atom is -0.493 e. The molecule has 29 heavy (non-hydrogen) atoms. The molecular formula is C19H19N5O4S. The number of anilines is 1. The van der Waals surface area contributed by atoms with Gasteiger partial charge in [-0.05, 0) is 23.8 Å². The Morgan fingerprint density at radius 1 is 1.14 bits per heavy atom. The third kappa shape index (κ3) is 4.85. The fourth-order valence-electron chi connectivity index (χ4n) is 2.55. The molecule has 10 heteroatoms. The van der Waals surface area contributed by atoms with E-state index in [0.29, 0.717) is 22.8 Å². The van der Waals surface area contributed by atoms with E-state index < -0.39 is 5.91 Å². The van der Waals surface area contributed by atoms with E-state index in [1.54, 1.807) is 12.1 Å². The van der Waals surface area contributed by atoms with Crippen LogP contribution in [0.3, 0.4) is 0 Å². The van der Waals surface area contributed by atoms with Crippen LogP contribution in [-0.2, 0) is 5.75 Å². The lowest BCUT2D eigenvalue weighted by Gasteiger charge is -2.14. The van der Waals surface area contributed by atoms with Gasteiger partial charge in [-0.2, -0.15) is 5.10 Å². The lowest BCUT2D eigenvalue weighted by molar-refractivity contribution is 0.100. The second-order valence-electron chi connectivity index (χ2n) is 5.85. The Morgan fingerprint density at radius 2 is 1.83 bits per heavy atom. The molecule has 0 radical (unpaired) electrons. The molecule has 0 atom stereocenters. The molecule has 1 heterocycles. The Bertz CT molecular complexity index is 1010. The highest BCUT2D eigenvalue weighted by Gasteiger charge is 2.17. The molecule has 0 bridgehead atoms. The van der Waals surface area contributed by atoms with Gasteiger partial charge in [0.1, 0.15) is 6.33 Å². The number of aromatic amines is 1. The molecule has 0 aliphatic carbocycles. The summed E-state index contributed by atoms with van der Waals surface area (Å²) in [6, 6.07) is 10.0. The average molecular weight is 413 g/mol. The Labute approximate surface area is 171 Å². The third-order valence-corrected chi connectivity index (χ3v) is 4.97. The maximum absolute atomic E-state index is 12.6. The quantitative estimate of drug-likeness (QED) is 0.483. The first-order valence-electron chi connectivity index (χ1n) is 8.46. The van der Waals surface area contributed by atoms with Gasteiger partial charge in [0.15, 0.2) is 16.7 Å². The van der Waals surface area contributed by atoms with E-state index in [9.17, 15) is 9.59 Å². The predicted octanol–water partition coefficient (Wildman–Crippen LogP) is 2.47. The molecular weight excluding hydrogens is 394 g/mol. The highest BCUT2D eigenvalue weighted by atomic mass is 32.2. The van der Waals surface area contributed by atoms with Crippen molar-refractivity contribution >= 4 is 29.3 Å². The van der Waals surface area contributed by atoms with Crippen molar-refractivity contribution in [2.75, 3.05) is 19.5 Å². The van der Waals surface area contributed by atoms with Crippen molar-refractivity contribution in [3.8, 4) is 11.5 Å². The zero-order valence-electron chi connectivity index (χ0n) is 15.8. The number of hydrogen-bond donors (Lipinski definition) is 3. The van der Waals surface area contributed by atoms with Crippen LogP contribution in [0.2, 0.25) is 0 Å². The normalized spacial score (nSPS) is 10.4. The van der Waals surface area contributed by atoms with Crippen molar-refractivity contribution in [2.24, 2.45) is 5.73 Å². The van der Waals surface area contributed by atoms with Crippen LogP contribution in [-0.4, -0.2) is 41.2 Å². The van der Waals surface area contributed by atoms with E-state index >= 15 is 0 Å². The number of methoxy groups -OCH3 is 2. The van der Waals surface area contributed by atoms with E-state index in [1.165, 1.54) is 44.4 Å². The lowest BCUT2D eigenvalue weighted by Crippen LogP contribution is -2.18. The van der Waals surface area contributed by atoms with Gasteiger partial charge in [-0.1, -0.05) is 23.9 Å². The Kier molecular flexibility index (Phi) is 6.35. The van der Waals surface area contributed by atoms with Crippen LogP contribution in [0.15, 0.2) is 47.9 Å². The number of rotatable bonds is 8. The van der Waals surface area contributed by atoms with Gasteiger partial charge in [0.25, 0.3) is 11.8 Å². The highest BCUT2D eigenvalue weighted by Crippen LogP contribution is 2.33. The van der Waals surface area contributed by atoms with Crippen molar-refractivity contribution < 1.29 is 19.1 Å². The van der Waals surface area contributed by atoms with Crippen LogP contribution in [0, 0.1) is 0 Å². The second-order valence-corrected chi connectivity index (χ2v) is 6.81. The fraction of sp³-hybridized carbons (Fsp3) is 0.158. The van der Waals surface area contributed by atoms with Gasteiger partial charge in [0.05, 0.1) is 25.5 Å².